The van der Waals surface area contributed by atoms with Crippen molar-refractivity contribution < 1.29 is 4.74 Å². The normalized spacial score (nSPS) is 12.7. The Hall–Kier alpha value is -0.0500. The van der Waals surface area contributed by atoms with Crippen LogP contribution in [0, 0.1) is 0 Å². The summed E-state index contributed by atoms with van der Waals surface area (Å²) in [6.07, 6.45) is 2.16. The van der Waals surface area contributed by atoms with Gasteiger partial charge in [0.2, 0.25) is 0 Å². The van der Waals surface area contributed by atoms with E-state index in [1.54, 1.807) is 0 Å². The van der Waals surface area contributed by atoms with Crippen molar-refractivity contribution in [2.45, 2.75) is 25.7 Å². The third kappa shape index (κ3) is 4.86. The second-order valence-corrected chi connectivity index (χ2v) is 4.97. The molecule has 0 heterocycles. The largest absolute Gasteiger partial charge is 0.382 e. The van der Waals surface area contributed by atoms with E-state index in [4.69, 9.17) is 16.3 Å². The Kier molecular flexibility index (Phi) is 7.10. The summed E-state index contributed by atoms with van der Waals surface area (Å²) in [5.41, 5.74) is 1.31. The smallest absolute Gasteiger partial charge is 0.0466 e. The standard InChI is InChI=1S/C13H18BrClO/c1-2-16-9-3-4-12(10-15)11-5-7-13(14)8-6-11/h5-8,12H,2-4,9-10H2,1H3. The molecule has 1 nitrogen and oxygen atoms in total. The molecular weight excluding hydrogens is 287 g/mol. The van der Waals surface area contributed by atoms with E-state index in [9.17, 15) is 0 Å². The van der Waals surface area contributed by atoms with Gasteiger partial charge in [-0.1, -0.05) is 28.1 Å². The third-order valence-electron chi connectivity index (χ3n) is 2.57. The highest BCUT2D eigenvalue weighted by molar-refractivity contribution is 9.10. The van der Waals surface area contributed by atoms with Gasteiger partial charge in [-0.2, -0.15) is 0 Å². The predicted molar refractivity (Wildman–Crippen MR) is 73.3 cm³/mol. The first-order chi connectivity index (χ1) is 7.77. The summed E-state index contributed by atoms with van der Waals surface area (Å²) < 4.78 is 6.44. The minimum absolute atomic E-state index is 0.440. The predicted octanol–water partition coefficient (Wildman–Crippen LogP) is 4.59. The molecule has 0 aliphatic rings. The van der Waals surface area contributed by atoms with Crippen molar-refractivity contribution in [3.8, 4) is 0 Å². The highest BCUT2D eigenvalue weighted by Gasteiger charge is 2.09. The van der Waals surface area contributed by atoms with Crippen molar-refractivity contribution in [3.05, 3.63) is 34.3 Å². The fraction of sp³-hybridized carbons (Fsp3) is 0.538. The van der Waals surface area contributed by atoms with Gasteiger partial charge in [0.15, 0.2) is 0 Å². The second kappa shape index (κ2) is 8.10. The van der Waals surface area contributed by atoms with Gasteiger partial charge in [0.05, 0.1) is 0 Å². The molecule has 1 aromatic carbocycles. The lowest BCUT2D eigenvalue weighted by Gasteiger charge is -2.14. The first-order valence-electron chi connectivity index (χ1n) is 5.67. The van der Waals surface area contributed by atoms with Gasteiger partial charge < -0.3 is 4.74 Å². The number of ether oxygens (including phenoxy) is 1. The highest BCUT2D eigenvalue weighted by atomic mass is 79.9. The third-order valence-corrected chi connectivity index (χ3v) is 3.47. The zero-order valence-corrected chi connectivity index (χ0v) is 11.9. The van der Waals surface area contributed by atoms with Crippen LogP contribution in [-0.2, 0) is 4.74 Å². The fourth-order valence-electron chi connectivity index (χ4n) is 1.64. The molecule has 1 atom stereocenters. The maximum atomic E-state index is 6.00. The second-order valence-electron chi connectivity index (χ2n) is 3.74. The number of benzene rings is 1. The van der Waals surface area contributed by atoms with Crippen molar-refractivity contribution in [2.75, 3.05) is 19.1 Å². The fourth-order valence-corrected chi connectivity index (χ4v) is 2.24. The van der Waals surface area contributed by atoms with Crippen molar-refractivity contribution >= 4 is 27.5 Å². The zero-order chi connectivity index (χ0) is 11.8. The van der Waals surface area contributed by atoms with Crippen LogP contribution in [0.15, 0.2) is 28.7 Å². The zero-order valence-electron chi connectivity index (χ0n) is 9.59. The molecule has 0 fully saturated rings. The molecular formula is C13H18BrClO. The van der Waals surface area contributed by atoms with E-state index in [0.717, 1.165) is 30.5 Å². The minimum atomic E-state index is 0.440. The molecule has 0 aliphatic carbocycles. The lowest BCUT2D eigenvalue weighted by molar-refractivity contribution is 0.142. The van der Waals surface area contributed by atoms with E-state index < -0.39 is 0 Å². The molecule has 0 aromatic heterocycles. The topological polar surface area (TPSA) is 9.23 Å². The maximum absolute atomic E-state index is 6.00. The number of rotatable bonds is 7. The summed E-state index contributed by atoms with van der Waals surface area (Å²) in [4.78, 5) is 0. The van der Waals surface area contributed by atoms with E-state index in [1.807, 2.05) is 6.92 Å². The molecule has 0 saturated heterocycles. The van der Waals surface area contributed by atoms with Crippen LogP contribution in [-0.4, -0.2) is 19.1 Å². The molecule has 0 bridgehead atoms. The van der Waals surface area contributed by atoms with Crippen LogP contribution in [0.5, 0.6) is 0 Å². The minimum Gasteiger partial charge on any atom is -0.382 e. The van der Waals surface area contributed by atoms with Crippen LogP contribution in [0.3, 0.4) is 0 Å². The summed E-state index contributed by atoms with van der Waals surface area (Å²) in [6.45, 7) is 3.65. The lowest BCUT2D eigenvalue weighted by atomic mass is 9.96. The molecule has 0 aliphatic heterocycles. The van der Waals surface area contributed by atoms with Crippen molar-refractivity contribution in [2.24, 2.45) is 0 Å². The first-order valence-corrected chi connectivity index (χ1v) is 6.99. The number of alkyl halides is 1. The van der Waals surface area contributed by atoms with Crippen LogP contribution in [0.25, 0.3) is 0 Å². The van der Waals surface area contributed by atoms with Gasteiger partial charge in [-0.25, -0.2) is 0 Å². The first kappa shape index (κ1) is 14.0. The molecule has 90 valence electrons. The van der Waals surface area contributed by atoms with E-state index in [2.05, 4.69) is 40.2 Å². The molecule has 16 heavy (non-hydrogen) atoms. The Morgan fingerprint density at radius 1 is 1.31 bits per heavy atom. The molecule has 0 radical (unpaired) electrons. The van der Waals surface area contributed by atoms with Crippen LogP contribution < -0.4 is 0 Å². The van der Waals surface area contributed by atoms with E-state index >= 15 is 0 Å². The highest BCUT2D eigenvalue weighted by Crippen LogP contribution is 2.24. The van der Waals surface area contributed by atoms with Crippen molar-refractivity contribution in [1.82, 2.24) is 0 Å². The monoisotopic (exact) mass is 304 g/mol. The van der Waals surface area contributed by atoms with Gasteiger partial charge in [0, 0.05) is 23.6 Å². The summed E-state index contributed by atoms with van der Waals surface area (Å²) in [5, 5.41) is 0. The van der Waals surface area contributed by atoms with Crippen LogP contribution in [0.4, 0.5) is 0 Å². The van der Waals surface area contributed by atoms with E-state index in [0.29, 0.717) is 11.8 Å². The van der Waals surface area contributed by atoms with Gasteiger partial charge in [0.25, 0.3) is 0 Å². The van der Waals surface area contributed by atoms with Gasteiger partial charge in [-0.05, 0) is 43.4 Å². The van der Waals surface area contributed by atoms with Crippen LogP contribution in [0.1, 0.15) is 31.2 Å². The molecule has 1 aromatic rings. The molecule has 1 unspecified atom stereocenters. The molecule has 3 heteroatoms. The SMILES string of the molecule is CCOCCCC(CCl)c1ccc(Br)cc1. The van der Waals surface area contributed by atoms with E-state index in [1.165, 1.54) is 5.56 Å². The van der Waals surface area contributed by atoms with E-state index in [-0.39, 0.29) is 0 Å². The van der Waals surface area contributed by atoms with Gasteiger partial charge >= 0.3 is 0 Å². The Morgan fingerprint density at radius 3 is 2.56 bits per heavy atom. The summed E-state index contributed by atoms with van der Waals surface area (Å²) in [5.74, 6) is 1.11. The van der Waals surface area contributed by atoms with Gasteiger partial charge in [-0.3, -0.25) is 0 Å². The van der Waals surface area contributed by atoms with Gasteiger partial charge in [0.1, 0.15) is 0 Å². The van der Waals surface area contributed by atoms with Gasteiger partial charge in [-0.15, -0.1) is 11.6 Å². The molecule has 0 saturated carbocycles. The Balaban J connectivity index is 2.44. The Morgan fingerprint density at radius 2 is 2.00 bits per heavy atom. The quantitative estimate of drug-likeness (QED) is 0.529. The number of hydrogen-bond acceptors (Lipinski definition) is 1. The maximum Gasteiger partial charge on any atom is 0.0466 e. The molecule has 0 N–H and O–H groups in total. The Labute approximate surface area is 111 Å². The lowest BCUT2D eigenvalue weighted by Crippen LogP contribution is -2.03. The molecule has 0 amide bonds. The number of hydrogen-bond donors (Lipinski definition) is 0. The van der Waals surface area contributed by atoms with Crippen LogP contribution in [0.2, 0.25) is 0 Å². The Bertz CT molecular complexity index is 286. The summed E-state index contributed by atoms with van der Waals surface area (Å²) >= 11 is 9.44. The average molecular weight is 306 g/mol. The summed E-state index contributed by atoms with van der Waals surface area (Å²) in [7, 11) is 0. The van der Waals surface area contributed by atoms with Crippen LogP contribution >= 0.6 is 27.5 Å². The van der Waals surface area contributed by atoms with Crippen molar-refractivity contribution in [3.63, 3.8) is 0 Å². The molecule has 0 spiro atoms. The number of halogens is 2. The summed E-state index contributed by atoms with van der Waals surface area (Å²) in [6, 6.07) is 8.41. The molecule has 1 rings (SSSR count). The van der Waals surface area contributed by atoms with Crippen molar-refractivity contribution in [1.29, 1.82) is 0 Å². The average Bonchev–Trinajstić information content (AvgIpc) is 2.31.